The summed E-state index contributed by atoms with van der Waals surface area (Å²) in [5.74, 6) is 0.677. The lowest BCUT2D eigenvalue weighted by Crippen LogP contribution is -2.45. The zero-order valence-electron chi connectivity index (χ0n) is 15.8. The lowest BCUT2D eigenvalue weighted by Gasteiger charge is -2.33. The van der Waals surface area contributed by atoms with Crippen molar-refractivity contribution in [1.29, 1.82) is 0 Å². The van der Waals surface area contributed by atoms with Gasteiger partial charge in [-0.25, -0.2) is 4.99 Å². The van der Waals surface area contributed by atoms with Gasteiger partial charge in [0.2, 0.25) is 0 Å². The second kappa shape index (κ2) is 7.56. The van der Waals surface area contributed by atoms with Crippen LogP contribution in [0.1, 0.15) is 30.9 Å². The van der Waals surface area contributed by atoms with Crippen LogP contribution >= 0.6 is 15.9 Å². The molecule has 0 saturated carbocycles. The van der Waals surface area contributed by atoms with Gasteiger partial charge in [0.05, 0.1) is 18.0 Å². The Balaban J connectivity index is 1.67. The van der Waals surface area contributed by atoms with Crippen molar-refractivity contribution in [2.75, 3.05) is 24.7 Å². The van der Waals surface area contributed by atoms with Crippen LogP contribution < -0.4 is 4.90 Å². The molecule has 0 radical (unpaired) electrons. The first kappa shape index (κ1) is 18.4. The molecule has 2 heterocycles. The van der Waals surface area contributed by atoms with E-state index in [9.17, 15) is 4.79 Å². The van der Waals surface area contributed by atoms with Crippen LogP contribution in [0.4, 0.5) is 11.4 Å². The number of anilines is 1. The highest BCUT2D eigenvalue weighted by molar-refractivity contribution is 9.10. The number of carbonyl (C=O) groups is 1. The maximum atomic E-state index is 13.2. The predicted molar refractivity (Wildman–Crippen MR) is 114 cm³/mol. The zero-order valence-corrected chi connectivity index (χ0v) is 17.4. The Morgan fingerprint density at radius 3 is 2.81 bits per heavy atom. The topological polar surface area (TPSA) is 35.9 Å². The first-order valence-corrected chi connectivity index (χ1v) is 10.3. The average Bonchev–Trinajstić information content (AvgIpc) is 2.91. The molecule has 5 heteroatoms. The first-order valence-electron chi connectivity index (χ1n) is 9.51. The van der Waals surface area contributed by atoms with E-state index in [0.717, 1.165) is 40.1 Å². The number of fused-ring (bicyclic) bond motifs is 1. The predicted octanol–water partition coefficient (Wildman–Crippen LogP) is 4.91. The Morgan fingerprint density at radius 1 is 1.22 bits per heavy atom. The normalized spacial score (nSPS) is 21.7. The van der Waals surface area contributed by atoms with Gasteiger partial charge in [-0.3, -0.25) is 14.6 Å². The Morgan fingerprint density at radius 2 is 2.04 bits per heavy atom. The number of hydrogen-bond donors (Lipinski definition) is 0. The van der Waals surface area contributed by atoms with E-state index in [1.165, 1.54) is 12.8 Å². The van der Waals surface area contributed by atoms with Gasteiger partial charge in [-0.15, -0.1) is 0 Å². The van der Waals surface area contributed by atoms with Crippen LogP contribution in [0, 0.1) is 12.8 Å². The van der Waals surface area contributed by atoms with Crippen molar-refractivity contribution in [3.05, 3.63) is 58.1 Å². The van der Waals surface area contributed by atoms with E-state index in [0.29, 0.717) is 18.3 Å². The van der Waals surface area contributed by atoms with E-state index in [1.807, 2.05) is 54.3 Å². The van der Waals surface area contributed by atoms with Crippen LogP contribution in [-0.2, 0) is 4.79 Å². The molecule has 2 aliphatic rings. The third-order valence-electron chi connectivity index (χ3n) is 5.38. The molecule has 0 N–H and O–H groups in total. The number of benzene rings is 2. The molecule has 0 bridgehead atoms. The number of para-hydroxylation sites is 1. The molecular formula is C22H24BrN3O. The zero-order chi connectivity index (χ0) is 19.0. The van der Waals surface area contributed by atoms with Gasteiger partial charge in [-0.05, 0) is 56.0 Å². The van der Waals surface area contributed by atoms with E-state index in [-0.39, 0.29) is 5.91 Å². The Labute approximate surface area is 169 Å². The van der Waals surface area contributed by atoms with E-state index < -0.39 is 0 Å². The van der Waals surface area contributed by atoms with Crippen LogP contribution in [0.25, 0.3) is 0 Å². The lowest BCUT2D eigenvalue weighted by molar-refractivity contribution is -0.112. The number of likely N-dealkylation sites (tertiary alicyclic amines) is 1. The molecule has 2 aromatic carbocycles. The minimum absolute atomic E-state index is 0.00822. The van der Waals surface area contributed by atoms with Crippen molar-refractivity contribution in [2.24, 2.45) is 10.9 Å². The molecule has 2 aromatic rings. The molecule has 0 unspecified atom stereocenters. The minimum atomic E-state index is -0.00822. The van der Waals surface area contributed by atoms with Gasteiger partial charge in [0.25, 0.3) is 5.91 Å². The van der Waals surface area contributed by atoms with E-state index in [2.05, 4.69) is 27.8 Å². The van der Waals surface area contributed by atoms with E-state index >= 15 is 0 Å². The Hall–Kier alpha value is -1.98. The third-order valence-corrected chi connectivity index (χ3v) is 6.23. The number of carbonyl (C=O) groups excluding carboxylic acids is 1. The smallest absolute Gasteiger partial charge is 0.278 e. The summed E-state index contributed by atoms with van der Waals surface area (Å²) in [5.41, 5.74) is 4.36. The second-order valence-corrected chi connectivity index (χ2v) is 8.46. The van der Waals surface area contributed by atoms with Crippen LogP contribution in [0.15, 0.2) is 51.9 Å². The fourth-order valence-corrected chi connectivity index (χ4v) is 4.27. The van der Waals surface area contributed by atoms with Gasteiger partial charge in [-0.1, -0.05) is 47.1 Å². The number of aliphatic imine (C=N–C) groups is 1. The molecular weight excluding hydrogens is 402 g/mol. The van der Waals surface area contributed by atoms with E-state index in [4.69, 9.17) is 4.99 Å². The molecule has 1 amide bonds. The second-order valence-electron chi connectivity index (χ2n) is 7.61. The summed E-state index contributed by atoms with van der Waals surface area (Å²) in [5, 5.41) is 0. The molecule has 27 heavy (non-hydrogen) atoms. The van der Waals surface area contributed by atoms with Gasteiger partial charge < -0.3 is 0 Å². The van der Waals surface area contributed by atoms with Gasteiger partial charge in [0.15, 0.2) is 0 Å². The van der Waals surface area contributed by atoms with Crippen molar-refractivity contribution < 1.29 is 4.79 Å². The number of halogens is 1. The third kappa shape index (κ3) is 3.71. The fourth-order valence-electron chi connectivity index (χ4n) is 3.91. The highest BCUT2D eigenvalue weighted by Crippen LogP contribution is 2.32. The Kier molecular flexibility index (Phi) is 5.15. The highest BCUT2D eigenvalue weighted by atomic mass is 79.9. The largest absolute Gasteiger partial charge is 0.293 e. The molecule has 0 aromatic heterocycles. The number of amides is 1. The number of piperidine rings is 1. The summed E-state index contributed by atoms with van der Waals surface area (Å²) in [4.78, 5) is 22.2. The average molecular weight is 426 g/mol. The van der Waals surface area contributed by atoms with Crippen LogP contribution in [0.2, 0.25) is 0 Å². The molecule has 2 aliphatic heterocycles. The number of aryl methyl sites for hydroxylation is 1. The molecule has 4 nitrogen and oxygen atoms in total. The van der Waals surface area contributed by atoms with E-state index in [1.54, 1.807) is 0 Å². The number of nitrogens with zero attached hydrogens (tertiary/aromatic N) is 3. The highest BCUT2D eigenvalue weighted by Gasteiger charge is 2.35. The van der Waals surface area contributed by atoms with Crippen LogP contribution in [0.3, 0.4) is 0 Å². The maximum Gasteiger partial charge on any atom is 0.278 e. The van der Waals surface area contributed by atoms with Crippen molar-refractivity contribution in [2.45, 2.75) is 26.7 Å². The summed E-state index contributed by atoms with van der Waals surface area (Å²) < 4.78 is 1.00. The molecule has 1 fully saturated rings. The molecule has 140 valence electrons. The molecule has 0 spiro atoms. The van der Waals surface area contributed by atoms with Crippen molar-refractivity contribution >= 4 is 38.9 Å². The quantitative estimate of drug-likeness (QED) is 0.699. The van der Waals surface area contributed by atoms with Crippen molar-refractivity contribution in [1.82, 2.24) is 4.90 Å². The van der Waals surface area contributed by atoms with Crippen LogP contribution in [-0.4, -0.2) is 36.3 Å². The van der Waals surface area contributed by atoms with Gasteiger partial charge >= 0.3 is 0 Å². The van der Waals surface area contributed by atoms with Gasteiger partial charge in [0.1, 0.15) is 5.71 Å². The Bertz CT molecular complexity index is 908. The standard InChI is InChI=1S/C22H24BrN3O/c1-15-6-5-11-25(13-15)14-26-20-8-4-3-7-18(20)21(22(26)27)24-17-10-9-16(2)19(23)12-17/h3-4,7-10,12,15H,5-6,11,13-14H2,1-2H3/t15-/m0/s1. The number of hydrogen-bond acceptors (Lipinski definition) is 3. The summed E-state index contributed by atoms with van der Waals surface area (Å²) in [7, 11) is 0. The molecule has 1 saturated heterocycles. The summed E-state index contributed by atoms with van der Waals surface area (Å²) in [6, 6.07) is 13.9. The lowest BCUT2D eigenvalue weighted by atomic mass is 10.0. The first-order chi connectivity index (χ1) is 13.0. The SMILES string of the molecule is Cc1ccc(N=C2C(=O)N(CN3CCC[C@H](C)C3)c3ccccc32)cc1Br. The summed E-state index contributed by atoms with van der Waals surface area (Å²) in [6.07, 6.45) is 2.47. The fraction of sp³-hybridized carbons (Fsp3) is 0.364. The monoisotopic (exact) mass is 425 g/mol. The maximum absolute atomic E-state index is 13.2. The summed E-state index contributed by atoms with van der Waals surface area (Å²) in [6.45, 7) is 7.06. The molecule has 0 aliphatic carbocycles. The van der Waals surface area contributed by atoms with Crippen molar-refractivity contribution in [3.63, 3.8) is 0 Å². The molecule has 4 rings (SSSR count). The van der Waals surface area contributed by atoms with Gasteiger partial charge in [-0.2, -0.15) is 0 Å². The van der Waals surface area contributed by atoms with Crippen LogP contribution in [0.5, 0.6) is 0 Å². The van der Waals surface area contributed by atoms with Gasteiger partial charge in [0, 0.05) is 16.6 Å². The minimum Gasteiger partial charge on any atom is -0.293 e. The van der Waals surface area contributed by atoms with Crippen molar-refractivity contribution in [3.8, 4) is 0 Å². The molecule has 1 atom stereocenters. The number of rotatable bonds is 3. The summed E-state index contributed by atoms with van der Waals surface area (Å²) >= 11 is 3.55.